The van der Waals surface area contributed by atoms with Gasteiger partial charge in [0.15, 0.2) is 16.6 Å². The molecule has 0 amide bonds. The van der Waals surface area contributed by atoms with Crippen LogP contribution in [0.3, 0.4) is 0 Å². The van der Waals surface area contributed by atoms with Crippen molar-refractivity contribution in [3.63, 3.8) is 0 Å². The molecular formula is C15H13ClN2O2S. The van der Waals surface area contributed by atoms with Crippen molar-refractivity contribution in [1.29, 1.82) is 0 Å². The van der Waals surface area contributed by atoms with Gasteiger partial charge in [0.2, 0.25) is 6.79 Å². The summed E-state index contributed by atoms with van der Waals surface area (Å²) < 4.78 is 10.6. The van der Waals surface area contributed by atoms with Gasteiger partial charge < -0.3 is 20.1 Å². The van der Waals surface area contributed by atoms with Gasteiger partial charge in [-0.25, -0.2) is 0 Å². The van der Waals surface area contributed by atoms with Crippen LogP contribution in [-0.4, -0.2) is 11.9 Å². The van der Waals surface area contributed by atoms with Crippen LogP contribution in [0.25, 0.3) is 0 Å². The number of anilines is 1. The summed E-state index contributed by atoms with van der Waals surface area (Å²) in [5, 5.41) is 7.34. The van der Waals surface area contributed by atoms with E-state index in [1.54, 1.807) is 0 Å². The third-order valence-corrected chi connectivity index (χ3v) is 3.59. The third kappa shape index (κ3) is 3.37. The summed E-state index contributed by atoms with van der Waals surface area (Å²) in [6, 6.07) is 13.3. The number of benzene rings is 2. The molecule has 2 aromatic carbocycles. The van der Waals surface area contributed by atoms with Crippen LogP contribution in [0.5, 0.6) is 11.5 Å². The highest BCUT2D eigenvalue weighted by Crippen LogP contribution is 2.32. The highest BCUT2D eigenvalue weighted by molar-refractivity contribution is 7.80. The molecule has 0 aromatic heterocycles. The molecule has 0 spiro atoms. The number of halogens is 1. The minimum absolute atomic E-state index is 0.276. The molecule has 3 rings (SSSR count). The van der Waals surface area contributed by atoms with Gasteiger partial charge in [-0.15, -0.1) is 0 Å². The van der Waals surface area contributed by atoms with Crippen molar-refractivity contribution >= 4 is 34.6 Å². The molecule has 1 heterocycles. The largest absolute Gasteiger partial charge is 0.454 e. The van der Waals surface area contributed by atoms with Crippen LogP contribution in [0.4, 0.5) is 5.69 Å². The SMILES string of the molecule is S=C(NCc1ccc2c(c1)OCO2)Nc1ccccc1Cl. The highest BCUT2D eigenvalue weighted by atomic mass is 35.5. The van der Waals surface area contributed by atoms with E-state index in [2.05, 4.69) is 10.6 Å². The Labute approximate surface area is 133 Å². The maximum absolute atomic E-state index is 6.07. The smallest absolute Gasteiger partial charge is 0.231 e. The van der Waals surface area contributed by atoms with Gasteiger partial charge in [0, 0.05) is 6.54 Å². The fraction of sp³-hybridized carbons (Fsp3) is 0.133. The number of ether oxygens (including phenoxy) is 2. The van der Waals surface area contributed by atoms with Crippen LogP contribution in [0, 0.1) is 0 Å². The first-order valence-electron chi connectivity index (χ1n) is 6.40. The lowest BCUT2D eigenvalue weighted by Gasteiger charge is -2.11. The Morgan fingerprint density at radius 3 is 2.81 bits per heavy atom. The van der Waals surface area contributed by atoms with Crippen molar-refractivity contribution in [2.75, 3.05) is 12.1 Å². The molecule has 6 heteroatoms. The molecule has 2 aromatic rings. The average molecular weight is 321 g/mol. The Kier molecular flexibility index (Phi) is 4.13. The molecule has 2 N–H and O–H groups in total. The van der Waals surface area contributed by atoms with Crippen LogP contribution in [-0.2, 0) is 6.54 Å². The van der Waals surface area contributed by atoms with Gasteiger partial charge in [0.25, 0.3) is 0 Å². The van der Waals surface area contributed by atoms with Crippen LogP contribution in [0.15, 0.2) is 42.5 Å². The van der Waals surface area contributed by atoms with E-state index in [0.29, 0.717) is 16.7 Å². The fourth-order valence-corrected chi connectivity index (χ4v) is 2.33. The number of rotatable bonds is 3. The Morgan fingerprint density at radius 1 is 1.14 bits per heavy atom. The van der Waals surface area contributed by atoms with Gasteiger partial charge >= 0.3 is 0 Å². The van der Waals surface area contributed by atoms with Gasteiger partial charge in [-0.05, 0) is 42.0 Å². The Morgan fingerprint density at radius 2 is 1.95 bits per heavy atom. The Hall–Kier alpha value is -1.98. The van der Waals surface area contributed by atoms with E-state index in [1.165, 1.54) is 0 Å². The van der Waals surface area contributed by atoms with Crippen LogP contribution in [0.2, 0.25) is 5.02 Å². The maximum atomic E-state index is 6.07. The number of para-hydroxylation sites is 1. The van der Waals surface area contributed by atoms with Crippen molar-refractivity contribution in [2.45, 2.75) is 6.54 Å². The molecule has 0 bridgehead atoms. The second kappa shape index (κ2) is 6.20. The molecule has 1 aliphatic rings. The predicted molar refractivity (Wildman–Crippen MR) is 87.1 cm³/mol. The first-order chi connectivity index (χ1) is 10.2. The average Bonchev–Trinajstić information content (AvgIpc) is 2.95. The summed E-state index contributed by atoms with van der Waals surface area (Å²) >= 11 is 11.3. The lowest BCUT2D eigenvalue weighted by molar-refractivity contribution is 0.174. The van der Waals surface area contributed by atoms with Gasteiger partial charge in [0.05, 0.1) is 10.7 Å². The predicted octanol–water partition coefficient (Wildman–Crippen LogP) is 3.56. The lowest BCUT2D eigenvalue weighted by Crippen LogP contribution is -2.27. The highest BCUT2D eigenvalue weighted by Gasteiger charge is 2.13. The maximum Gasteiger partial charge on any atom is 0.231 e. The van der Waals surface area contributed by atoms with Crippen molar-refractivity contribution in [2.24, 2.45) is 0 Å². The second-order valence-corrected chi connectivity index (χ2v) is 5.29. The molecule has 0 saturated carbocycles. The zero-order valence-electron chi connectivity index (χ0n) is 11.1. The minimum Gasteiger partial charge on any atom is -0.454 e. The van der Waals surface area contributed by atoms with Crippen molar-refractivity contribution in [3.05, 3.63) is 53.1 Å². The summed E-state index contributed by atoms with van der Waals surface area (Å²) in [6.45, 7) is 0.867. The molecular weight excluding hydrogens is 308 g/mol. The van der Waals surface area contributed by atoms with Crippen molar-refractivity contribution < 1.29 is 9.47 Å². The summed E-state index contributed by atoms with van der Waals surface area (Å²) in [5.41, 5.74) is 1.84. The molecule has 108 valence electrons. The lowest BCUT2D eigenvalue weighted by atomic mass is 10.2. The summed E-state index contributed by atoms with van der Waals surface area (Å²) in [6.07, 6.45) is 0. The number of hydrogen-bond donors (Lipinski definition) is 2. The third-order valence-electron chi connectivity index (χ3n) is 3.01. The number of fused-ring (bicyclic) bond motifs is 1. The molecule has 0 saturated heterocycles. The van der Waals surface area contributed by atoms with Crippen LogP contribution in [0.1, 0.15) is 5.56 Å². The monoisotopic (exact) mass is 320 g/mol. The first kappa shape index (κ1) is 14.0. The standard InChI is InChI=1S/C15H13ClN2O2S/c16-11-3-1-2-4-12(11)18-15(21)17-8-10-5-6-13-14(7-10)20-9-19-13/h1-7H,8-9H2,(H2,17,18,21). The van der Waals surface area contributed by atoms with E-state index in [1.807, 2.05) is 42.5 Å². The molecule has 0 fully saturated rings. The molecule has 0 unspecified atom stereocenters. The summed E-state index contributed by atoms with van der Waals surface area (Å²) in [5.74, 6) is 1.54. The molecule has 1 aliphatic heterocycles. The van der Waals surface area contributed by atoms with Gasteiger partial charge in [-0.1, -0.05) is 29.8 Å². The quantitative estimate of drug-likeness (QED) is 0.847. The Balaban J connectivity index is 1.58. The molecule has 21 heavy (non-hydrogen) atoms. The van der Waals surface area contributed by atoms with Gasteiger partial charge in [0.1, 0.15) is 0 Å². The summed E-state index contributed by atoms with van der Waals surface area (Å²) in [4.78, 5) is 0. The minimum atomic E-state index is 0.276. The fourth-order valence-electron chi connectivity index (χ4n) is 1.96. The van der Waals surface area contributed by atoms with Crippen LogP contribution < -0.4 is 20.1 Å². The van der Waals surface area contributed by atoms with Crippen molar-refractivity contribution in [1.82, 2.24) is 5.32 Å². The topological polar surface area (TPSA) is 42.5 Å². The molecule has 0 radical (unpaired) electrons. The zero-order valence-corrected chi connectivity index (χ0v) is 12.6. The van der Waals surface area contributed by atoms with E-state index < -0.39 is 0 Å². The molecule has 0 atom stereocenters. The Bertz CT molecular complexity index is 678. The molecule has 4 nitrogen and oxygen atoms in total. The van der Waals surface area contributed by atoms with Gasteiger partial charge in [-0.3, -0.25) is 0 Å². The number of hydrogen-bond acceptors (Lipinski definition) is 3. The second-order valence-electron chi connectivity index (χ2n) is 4.48. The molecule has 0 aliphatic carbocycles. The van der Waals surface area contributed by atoms with E-state index in [0.717, 1.165) is 22.7 Å². The normalized spacial score (nSPS) is 12.0. The zero-order chi connectivity index (χ0) is 14.7. The van der Waals surface area contributed by atoms with Crippen molar-refractivity contribution in [3.8, 4) is 11.5 Å². The van der Waals surface area contributed by atoms with Gasteiger partial charge in [-0.2, -0.15) is 0 Å². The number of nitrogens with one attached hydrogen (secondary N) is 2. The van der Waals surface area contributed by atoms with E-state index >= 15 is 0 Å². The van der Waals surface area contributed by atoms with E-state index in [-0.39, 0.29) is 6.79 Å². The first-order valence-corrected chi connectivity index (χ1v) is 7.19. The van der Waals surface area contributed by atoms with Crippen LogP contribution >= 0.6 is 23.8 Å². The summed E-state index contributed by atoms with van der Waals surface area (Å²) in [7, 11) is 0. The number of thiocarbonyl (C=S) groups is 1. The van der Waals surface area contributed by atoms with E-state index in [4.69, 9.17) is 33.3 Å². The van der Waals surface area contributed by atoms with E-state index in [9.17, 15) is 0 Å².